The summed E-state index contributed by atoms with van der Waals surface area (Å²) in [4.78, 5) is 2.60. The molecule has 0 radical (unpaired) electrons. The van der Waals surface area contributed by atoms with Crippen molar-refractivity contribution >= 4 is 0 Å². The van der Waals surface area contributed by atoms with E-state index in [4.69, 9.17) is 9.47 Å². The van der Waals surface area contributed by atoms with Crippen LogP contribution in [0.1, 0.15) is 30.4 Å². The molecular weight excluding hydrogens is 338 g/mol. The molecule has 27 heavy (non-hydrogen) atoms. The molecule has 2 fully saturated rings. The van der Waals surface area contributed by atoms with Crippen molar-refractivity contribution in [3.8, 4) is 11.5 Å². The number of fused-ring (bicyclic) bond motifs is 2. The van der Waals surface area contributed by atoms with Crippen LogP contribution in [-0.2, 0) is 13.0 Å². The van der Waals surface area contributed by atoms with Crippen LogP contribution in [0.5, 0.6) is 11.5 Å². The molecule has 2 aromatic rings. The summed E-state index contributed by atoms with van der Waals surface area (Å²) < 4.78 is 10.9. The van der Waals surface area contributed by atoms with Crippen LogP contribution in [-0.4, -0.2) is 42.9 Å². The zero-order valence-corrected chi connectivity index (χ0v) is 16.2. The smallest absolute Gasteiger partial charge is 0.122 e. The molecule has 2 saturated heterocycles. The molecule has 4 nitrogen and oxygen atoms in total. The van der Waals surface area contributed by atoms with Gasteiger partial charge in [0, 0.05) is 30.1 Å². The minimum atomic E-state index is -0.0345. The lowest BCUT2D eigenvalue weighted by molar-refractivity contribution is 0.0750. The normalized spacial score (nSPS) is 27.1. The first-order valence-electron chi connectivity index (χ1n) is 9.80. The Hall–Kier alpha value is -2.04. The lowest BCUT2D eigenvalue weighted by Gasteiger charge is -2.36. The number of methoxy groups -OCH3 is 2. The van der Waals surface area contributed by atoms with Crippen molar-refractivity contribution in [2.45, 2.75) is 44.3 Å². The molecule has 0 spiro atoms. The van der Waals surface area contributed by atoms with Crippen molar-refractivity contribution in [1.29, 1.82) is 0 Å². The SMILES string of the molecule is COc1cc(CN2[C@H]3CC[C@@H]2[C@@](CO)(Cc2ccccc2)C3)cc(OC)c1. The van der Waals surface area contributed by atoms with E-state index in [0.29, 0.717) is 12.1 Å². The predicted octanol–water partition coefficient (Wildman–Crippen LogP) is 3.66. The highest BCUT2D eigenvalue weighted by atomic mass is 16.5. The van der Waals surface area contributed by atoms with E-state index in [2.05, 4.69) is 47.4 Å². The molecule has 2 heterocycles. The summed E-state index contributed by atoms with van der Waals surface area (Å²) in [6.07, 6.45) is 4.41. The fourth-order valence-corrected chi connectivity index (χ4v) is 5.24. The van der Waals surface area contributed by atoms with Gasteiger partial charge in [0.15, 0.2) is 0 Å². The molecule has 2 aromatic carbocycles. The first-order chi connectivity index (χ1) is 13.2. The molecule has 1 N–H and O–H groups in total. The highest BCUT2D eigenvalue weighted by Crippen LogP contribution is 2.52. The highest BCUT2D eigenvalue weighted by molar-refractivity contribution is 5.38. The third-order valence-electron chi connectivity index (χ3n) is 6.48. The fourth-order valence-electron chi connectivity index (χ4n) is 5.24. The van der Waals surface area contributed by atoms with E-state index in [1.165, 1.54) is 24.0 Å². The van der Waals surface area contributed by atoms with Gasteiger partial charge in [-0.15, -0.1) is 0 Å². The first-order valence-corrected chi connectivity index (χ1v) is 9.80. The van der Waals surface area contributed by atoms with E-state index in [1.807, 2.05) is 6.07 Å². The third kappa shape index (κ3) is 3.44. The topological polar surface area (TPSA) is 41.9 Å². The molecule has 3 atom stereocenters. The van der Waals surface area contributed by atoms with Gasteiger partial charge in [0.2, 0.25) is 0 Å². The Bertz CT molecular complexity index is 756. The lowest BCUT2D eigenvalue weighted by Crippen LogP contribution is -2.41. The van der Waals surface area contributed by atoms with Crippen LogP contribution >= 0.6 is 0 Å². The van der Waals surface area contributed by atoms with E-state index >= 15 is 0 Å². The van der Waals surface area contributed by atoms with Crippen LogP contribution in [0.25, 0.3) is 0 Å². The average Bonchev–Trinajstić information content (AvgIpc) is 3.23. The van der Waals surface area contributed by atoms with Crippen molar-refractivity contribution in [2.75, 3.05) is 20.8 Å². The second kappa shape index (κ2) is 7.53. The number of nitrogens with zero attached hydrogens (tertiary/aromatic N) is 1. The van der Waals surface area contributed by atoms with Gasteiger partial charge in [-0.2, -0.15) is 0 Å². The quantitative estimate of drug-likeness (QED) is 0.811. The summed E-state index contributed by atoms with van der Waals surface area (Å²) in [6, 6.07) is 17.7. The number of aliphatic hydroxyl groups excluding tert-OH is 1. The van der Waals surface area contributed by atoms with Gasteiger partial charge in [0.05, 0.1) is 20.8 Å². The molecule has 0 saturated carbocycles. The number of hydrogen-bond acceptors (Lipinski definition) is 4. The second-order valence-corrected chi connectivity index (χ2v) is 8.03. The fraction of sp³-hybridized carbons (Fsp3) is 0.478. The summed E-state index contributed by atoms with van der Waals surface area (Å²) >= 11 is 0. The summed E-state index contributed by atoms with van der Waals surface area (Å²) in [5.41, 5.74) is 2.49. The summed E-state index contributed by atoms with van der Waals surface area (Å²) in [5, 5.41) is 10.4. The maximum Gasteiger partial charge on any atom is 0.122 e. The van der Waals surface area contributed by atoms with Gasteiger partial charge in [0.25, 0.3) is 0 Å². The number of rotatable bonds is 7. The Labute approximate surface area is 161 Å². The number of aliphatic hydroxyl groups is 1. The summed E-state index contributed by atoms with van der Waals surface area (Å²) in [7, 11) is 3.38. The van der Waals surface area contributed by atoms with Gasteiger partial charge in [-0.05, 0) is 48.9 Å². The molecule has 144 valence electrons. The van der Waals surface area contributed by atoms with Gasteiger partial charge in [-0.1, -0.05) is 30.3 Å². The molecule has 0 aromatic heterocycles. The summed E-state index contributed by atoms with van der Waals surface area (Å²) in [5.74, 6) is 1.65. The van der Waals surface area contributed by atoms with E-state index in [0.717, 1.165) is 30.9 Å². The molecule has 2 aliphatic heterocycles. The Morgan fingerprint density at radius 3 is 2.33 bits per heavy atom. The molecule has 4 heteroatoms. The van der Waals surface area contributed by atoms with E-state index < -0.39 is 0 Å². The van der Waals surface area contributed by atoms with Crippen LogP contribution in [0.3, 0.4) is 0 Å². The van der Waals surface area contributed by atoms with Gasteiger partial charge >= 0.3 is 0 Å². The third-order valence-corrected chi connectivity index (χ3v) is 6.48. The van der Waals surface area contributed by atoms with Crippen molar-refractivity contribution in [1.82, 2.24) is 4.90 Å². The second-order valence-electron chi connectivity index (χ2n) is 8.03. The first kappa shape index (κ1) is 18.3. The lowest BCUT2D eigenvalue weighted by atomic mass is 9.70. The Morgan fingerprint density at radius 1 is 1.00 bits per heavy atom. The average molecular weight is 367 g/mol. The summed E-state index contributed by atoms with van der Waals surface area (Å²) in [6.45, 7) is 1.13. The predicted molar refractivity (Wildman–Crippen MR) is 106 cm³/mol. The van der Waals surface area contributed by atoms with E-state index in [1.54, 1.807) is 14.2 Å². The van der Waals surface area contributed by atoms with Crippen molar-refractivity contribution in [3.05, 3.63) is 59.7 Å². The highest BCUT2D eigenvalue weighted by Gasteiger charge is 2.55. The van der Waals surface area contributed by atoms with E-state index in [9.17, 15) is 5.11 Å². The largest absolute Gasteiger partial charge is 0.497 e. The van der Waals surface area contributed by atoms with Crippen LogP contribution in [0.4, 0.5) is 0 Å². The maximum absolute atomic E-state index is 10.4. The Kier molecular flexibility index (Phi) is 5.11. The molecule has 2 aliphatic rings. The van der Waals surface area contributed by atoms with Crippen LogP contribution in [0, 0.1) is 5.41 Å². The van der Waals surface area contributed by atoms with Crippen LogP contribution in [0.15, 0.2) is 48.5 Å². The van der Waals surface area contributed by atoms with Crippen LogP contribution < -0.4 is 9.47 Å². The Balaban J connectivity index is 1.57. The van der Waals surface area contributed by atoms with Gasteiger partial charge in [0.1, 0.15) is 11.5 Å². The van der Waals surface area contributed by atoms with E-state index in [-0.39, 0.29) is 12.0 Å². The van der Waals surface area contributed by atoms with Crippen molar-refractivity contribution in [3.63, 3.8) is 0 Å². The van der Waals surface area contributed by atoms with Gasteiger partial charge in [-0.3, -0.25) is 4.90 Å². The molecule has 0 unspecified atom stereocenters. The standard InChI is InChI=1S/C23H29NO3/c1-26-20-10-18(11-21(12-20)27-2)15-24-19-8-9-22(24)23(14-19,16-25)13-17-6-4-3-5-7-17/h3-7,10-12,19,22,25H,8-9,13-16H2,1-2H3/t19-,22+,23-/m0/s1. The van der Waals surface area contributed by atoms with Gasteiger partial charge in [-0.25, -0.2) is 0 Å². The number of benzene rings is 2. The number of ether oxygens (including phenoxy) is 2. The molecule has 0 amide bonds. The molecular formula is C23H29NO3. The van der Waals surface area contributed by atoms with Crippen LogP contribution in [0.2, 0.25) is 0 Å². The molecule has 0 aliphatic carbocycles. The van der Waals surface area contributed by atoms with Crippen molar-refractivity contribution < 1.29 is 14.6 Å². The van der Waals surface area contributed by atoms with Gasteiger partial charge < -0.3 is 14.6 Å². The number of hydrogen-bond donors (Lipinski definition) is 1. The molecule has 2 bridgehead atoms. The monoisotopic (exact) mass is 367 g/mol. The zero-order valence-electron chi connectivity index (χ0n) is 16.2. The Morgan fingerprint density at radius 2 is 1.70 bits per heavy atom. The molecule has 4 rings (SSSR count). The zero-order chi connectivity index (χ0) is 18.9. The minimum absolute atomic E-state index is 0.0345. The maximum atomic E-state index is 10.4. The minimum Gasteiger partial charge on any atom is -0.497 e. The van der Waals surface area contributed by atoms with Crippen molar-refractivity contribution in [2.24, 2.45) is 5.41 Å².